The fourth-order valence-corrected chi connectivity index (χ4v) is 4.40. The van der Waals surface area contributed by atoms with Crippen molar-refractivity contribution in [2.75, 3.05) is 13.6 Å². The minimum absolute atomic E-state index is 0.149. The molecule has 1 aliphatic rings. The summed E-state index contributed by atoms with van der Waals surface area (Å²) in [5.74, 6) is 0.309. The van der Waals surface area contributed by atoms with Gasteiger partial charge in [0.25, 0.3) is 0 Å². The first kappa shape index (κ1) is 16.2. The van der Waals surface area contributed by atoms with E-state index in [4.69, 9.17) is 9.26 Å². The van der Waals surface area contributed by atoms with Gasteiger partial charge in [-0.05, 0) is 25.0 Å². The van der Waals surface area contributed by atoms with Gasteiger partial charge in [-0.15, -0.1) is 0 Å². The standard InChI is InChI=1S/C16H20N2O4S/c1-11-16(12(2)22-17-11)23(19,20)18(3)9-15-8-13-6-4-5-7-14(13)10-21-15/h4-7,15H,8-10H2,1-3H3/t15-/m0/s1. The number of benzene rings is 1. The highest BCUT2D eigenvalue weighted by Crippen LogP contribution is 2.25. The van der Waals surface area contributed by atoms with E-state index in [-0.39, 0.29) is 11.0 Å². The first-order chi connectivity index (χ1) is 10.9. The van der Waals surface area contributed by atoms with Crippen molar-refractivity contribution in [1.29, 1.82) is 0 Å². The van der Waals surface area contributed by atoms with Gasteiger partial charge in [-0.3, -0.25) is 0 Å². The fraction of sp³-hybridized carbons (Fsp3) is 0.438. The summed E-state index contributed by atoms with van der Waals surface area (Å²) in [6.07, 6.45) is 0.544. The SMILES string of the molecule is Cc1noc(C)c1S(=O)(=O)N(C)C[C@@H]1Cc2ccccc2CO1. The molecule has 0 aliphatic carbocycles. The minimum atomic E-state index is -3.64. The maximum Gasteiger partial charge on any atom is 0.248 e. The van der Waals surface area contributed by atoms with Crippen molar-refractivity contribution in [1.82, 2.24) is 9.46 Å². The van der Waals surface area contributed by atoms with Crippen LogP contribution in [-0.4, -0.2) is 37.6 Å². The molecule has 0 radical (unpaired) electrons. The monoisotopic (exact) mass is 336 g/mol. The van der Waals surface area contributed by atoms with Crippen LogP contribution in [0.5, 0.6) is 0 Å². The molecule has 0 N–H and O–H groups in total. The molecule has 1 aromatic heterocycles. The normalized spacial score (nSPS) is 18.2. The van der Waals surface area contributed by atoms with E-state index >= 15 is 0 Å². The van der Waals surface area contributed by atoms with Gasteiger partial charge >= 0.3 is 0 Å². The van der Waals surface area contributed by atoms with Crippen LogP contribution in [0.3, 0.4) is 0 Å². The third-order valence-corrected chi connectivity index (χ3v) is 6.21. The van der Waals surface area contributed by atoms with Crippen LogP contribution in [0.25, 0.3) is 0 Å². The Morgan fingerprint density at radius 2 is 1.96 bits per heavy atom. The molecule has 0 spiro atoms. The quantitative estimate of drug-likeness (QED) is 0.854. The van der Waals surface area contributed by atoms with Crippen molar-refractivity contribution < 1.29 is 17.7 Å². The van der Waals surface area contributed by atoms with Gasteiger partial charge in [0.2, 0.25) is 10.0 Å². The third kappa shape index (κ3) is 3.04. The number of rotatable bonds is 4. The number of nitrogens with zero attached hydrogens (tertiary/aromatic N) is 2. The summed E-state index contributed by atoms with van der Waals surface area (Å²) in [6, 6.07) is 8.08. The first-order valence-electron chi connectivity index (χ1n) is 7.47. The molecule has 0 unspecified atom stereocenters. The molecule has 0 saturated heterocycles. The molecule has 2 aromatic rings. The van der Waals surface area contributed by atoms with E-state index in [1.54, 1.807) is 20.9 Å². The zero-order valence-corrected chi connectivity index (χ0v) is 14.3. The first-order valence-corrected chi connectivity index (χ1v) is 8.91. The summed E-state index contributed by atoms with van der Waals surface area (Å²) < 4.78 is 37.6. The molecule has 0 saturated carbocycles. The van der Waals surface area contributed by atoms with Gasteiger partial charge in [0.05, 0.1) is 12.7 Å². The maximum atomic E-state index is 12.7. The molecule has 3 rings (SSSR count). The van der Waals surface area contributed by atoms with Crippen LogP contribution in [-0.2, 0) is 27.8 Å². The van der Waals surface area contributed by atoms with E-state index in [2.05, 4.69) is 11.2 Å². The Balaban J connectivity index is 1.76. The topological polar surface area (TPSA) is 72.6 Å². The molecule has 124 valence electrons. The summed E-state index contributed by atoms with van der Waals surface area (Å²) in [4.78, 5) is 0.149. The highest BCUT2D eigenvalue weighted by Gasteiger charge is 2.31. The summed E-state index contributed by atoms with van der Waals surface area (Å²) in [7, 11) is -2.08. The van der Waals surface area contributed by atoms with Crippen molar-refractivity contribution in [3.8, 4) is 0 Å². The summed E-state index contributed by atoms with van der Waals surface area (Å²) in [6.45, 7) is 4.04. The largest absolute Gasteiger partial charge is 0.372 e. The lowest BCUT2D eigenvalue weighted by Crippen LogP contribution is -2.38. The average Bonchev–Trinajstić information content (AvgIpc) is 2.86. The van der Waals surface area contributed by atoms with E-state index < -0.39 is 10.0 Å². The number of aromatic nitrogens is 1. The lowest BCUT2D eigenvalue weighted by atomic mass is 9.99. The van der Waals surface area contributed by atoms with Gasteiger partial charge in [-0.1, -0.05) is 29.4 Å². The van der Waals surface area contributed by atoms with Crippen LogP contribution >= 0.6 is 0 Å². The third-order valence-electron chi connectivity index (χ3n) is 4.14. The molecule has 0 fully saturated rings. The van der Waals surface area contributed by atoms with Crippen molar-refractivity contribution in [2.45, 2.75) is 37.9 Å². The number of hydrogen-bond acceptors (Lipinski definition) is 5. The zero-order chi connectivity index (χ0) is 16.6. The molecule has 23 heavy (non-hydrogen) atoms. The Kier molecular flexibility index (Phi) is 4.27. The Morgan fingerprint density at radius 1 is 1.26 bits per heavy atom. The van der Waals surface area contributed by atoms with E-state index in [1.807, 2.05) is 18.2 Å². The smallest absolute Gasteiger partial charge is 0.248 e. The predicted molar refractivity (Wildman–Crippen MR) is 84.5 cm³/mol. The molecule has 0 bridgehead atoms. The number of aryl methyl sites for hydroxylation is 2. The summed E-state index contributed by atoms with van der Waals surface area (Å²) >= 11 is 0. The van der Waals surface area contributed by atoms with Crippen LogP contribution in [0.1, 0.15) is 22.6 Å². The van der Waals surface area contributed by atoms with Crippen molar-refractivity contribution in [3.05, 3.63) is 46.8 Å². The second-order valence-electron chi connectivity index (χ2n) is 5.84. The second-order valence-corrected chi connectivity index (χ2v) is 7.83. The zero-order valence-electron chi connectivity index (χ0n) is 13.4. The number of sulfonamides is 1. The lowest BCUT2D eigenvalue weighted by Gasteiger charge is -2.28. The lowest BCUT2D eigenvalue weighted by molar-refractivity contribution is 0.0202. The molecule has 1 atom stereocenters. The number of likely N-dealkylation sites (N-methyl/N-ethyl adjacent to an activating group) is 1. The molecular weight excluding hydrogens is 316 g/mol. The van der Waals surface area contributed by atoms with Gasteiger partial charge in [-0.2, -0.15) is 4.31 Å². The highest BCUT2D eigenvalue weighted by atomic mass is 32.2. The van der Waals surface area contributed by atoms with Crippen LogP contribution < -0.4 is 0 Å². The predicted octanol–water partition coefficient (Wildman–Crippen LogP) is 2.05. The van der Waals surface area contributed by atoms with E-state index in [9.17, 15) is 8.42 Å². The van der Waals surface area contributed by atoms with Gasteiger partial charge in [0.15, 0.2) is 5.76 Å². The number of fused-ring (bicyclic) bond motifs is 1. The fourth-order valence-electron chi connectivity index (χ4n) is 2.91. The van der Waals surface area contributed by atoms with Crippen molar-refractivity contribution in [3.63, 3.8) is 0 Å². The summed E-state index contributed by atoms with van der Waals surface area (Å²) in [5.41, 5.74) is 2.76. The highest BCUT2D eigenvalue weighted by molar-refractivity contribution is 7.89. The molecule has 6 nitrogen and oxygen atoms in total. The second kappa shape index (κ2) is 6.07. The van der Waals surface area contributed by atoms with Crippen LogP contribution in [0.4, 0.5) is 0 Å². The van der Waals surface area contributed by atoms with Gasteiger partial charge in [0.1, 0.15) is 10.6 Å². The molecular formula is C16H20N2O4S. The van der Waals surface area contributed by atoms with Gasteiger partial charge in [0, 0.05) is 20.0 Å². The van der Waals surface area contributed by atoms with Crippen molar-refractivity contribution >= 4 is 10.0 Å². The molecule has 2 heterocycles. The van der Waals surface area contributed by atoms with Crippen molar-refractivity contribution in [2.24, 2.45) is 0 Å². The maximum absolute atomic E-state index is 12.7. The van der Waals surface area contributed by atoms with Crippen LogP contribution in [0.15, 0.2) is 33.7 Å². The Hall–Kier alpha value is -1.70. The Labute approximate surface area is 136 Å². The van der Waals surface area contributed by atoms with Crippen LogP contribution in [0, 0.1) is 13.8 Å². The Bertz CT molecular complexity index is 794. The Morgan fingerprint density at radius 3 is 2.61 bits per heavy atom. The van der Waals surface area contributed by atoms with E-state index in [1.165, 1.54) is 15.4 Å². The molecule has 1 aliphatic heterocycles. The van der Waals surface area contributed by atoms with Crippen LogP contribution in [0.2, 0.25) is 0 Å². The molecule has 7 heteroatoms. The number of hydrogen-bond donors (Lipinski definition) is 0. The molecule has 0 amide bonds. The summed E-state index contributed by atoms with van der Waals surface area (Å²) in [5, 5.41) is 3.73. The molecule has 1 aromatic carbocycles. The van der Waals surface area contributed by atoms with Gasteiger partial charge < -0.3 is 9.26 Å². The number of ether oxygens (including phenoxy) is 1. The average molecular weight is 336 g/mol. The minimum Gasteiger partial charge on any atom is -0.372 e. The van der Waals surface area contributed by atoms with Gasteiger partial charge in [-0.25, -0.2) is 8.42 Å². The van der Waals surface area contributed by atoms with E-state index in [0.29, 0.717) is 31.0 Å². The van der Waals surface area contributed by atoms with E-state index in [0.717, 1.165) is 0 Å².